The van der Waals surface area contributed by atoms with Crippen LogP contribution in [0.2, 0.25) is 5.02 Å². The highest BCUT2D eigenvalue weighted by Gasteiger charge is 2.59. The third kappa shape index (κ3) is 6.19. The molecule has 0 aliphatic carbocycles. The fraction of sp³-hybridized carbons (Fsp3) is 0.455. The average molecular weight is 803 g/mol. The predicted molar refractivity (Wildman–Crippen MR) is 193 cm³/mol. The topological polar surface area (TPSA) is 263 Å². The third-order valence-electron chi connectivity index (χ3n) is 10.7. The molecule has 1 aromatic carbocycles. The molecule has 3 atom stereocenters. The quantitative estimate of drug-likeness (QED) is 0.0570. The maximum atomic E-state index is 13.6. The lowest BCUT2D eigenvalue weighted by molar-refractivity contribution is -0.905. The SMILES string of the molecule is C[C@@H]1S[C@@H]2[C@H](NC(=O)C(=NOC(C)(C)C(=O)O)c3csc(N)n3)C(=O)N2C(C(=O)[O-])=C1C[N+]12CCC(Cn3cnc4cc(O)c(O)c(Cl)c4c3=O)(CC1)C2. The zero-order valence-electron chi connectivity index (χ0n) is 29.1. The molecular weight excluding hydrogens is 768 g/mol. The van der Waals surface area contributed by atoms with Crippen molar-refractivity contribution in [3.8, 4) is 11.5 Å². The minimum Gasteiger partial charge on any atom is -0.543 e. The molecular formula is C33H35ClN8O10S2. The van der Waals surface area contributed by atoms with Gasteiger partial charge in [0.1, 0.15) is 28.7 Å². The van der Waals surface area contributed by atoms with Crippen LogP contribution in [0, 0.1) is 5.41 Å². The minimum atomic E-state index is -1.80. The van der Waals surface area contributed by atoms with Crippen LogP contribution >= 0.6 is 34.7 Å². The monoisotopic (exact) mass is 802 g/mol. The van der Waals surface area contributed by atoms with Crippen molar-refractivity contribution in [3.63, 3.8) is 0 Å². The van der Waals surface area contributed by atoms with Crippen molar-refractivity contribution in [2.24, 2.45) is 10.6 Å². The number of β-lactam (4-membered cyclic amide) rings is 1. The first-order valence-electron chi connectivity index (χ1n) is 16.8. The van der Waals surface area contributed by atoms with Crippen molar-refractivity contribution in [2.45, 2.75) is 62.4 Å². The molecule has 0 spiro atoms. The first-order chi connectivity index (χ1) is 25.4. The van der Waals surface area contributed by atoms with E-state index in [2.05, 4.69) is 20.4 Å². The molecule has 3 saturated heterocycles. The van der Waals surface area contributed by atoms with Crippen LogP contribution in [0.1, 0.15) is 39.3 Å². The molecule has 2 amide bonds. The third-order valence-corrected chi connectivity index (χ3v) is 13.2. The molecule has 3 fully saturated rings. The van der Waals surface area contributed by atoms with Gasteiger partial charge in [0.2, 0.25) is 5.60 Å². The van der Waals surface area contributed by atoms with Crippen LogP contribution in [0.25, 0.3) is 10.9 Å². The zero-order valence-corrected chi connectivity index (χ0v) is 31.5. The number of phenolic OH excluding ortho intramolecular Hbond substituents is 2. The fourth-order valence-corrected chi connectivity index (χ4v) is 10.0. The first-order valence-corrected chi connectivity index (χ1v) is 19.0. The van der Waals surface area contributed by atoms with Crippen molar-refractivity contribution in [3.05, 3.63) is 50.1 Å². The number of halogens is 1. The molecule has 6 heterocycles. The van der Waals surface area contributed by atoms with Crippen molar-refractivity contribution in [1.29, 1.82) is 0 Å². The second kappa shape index (κ2) is 13.1. The number of fused-ring (bicyclic) bond motifs is 4. The Morgan fingerprint density at radius 1 is 1.26 bits per heavy atom. The van der Waals surface area contributed by atoms with E-state index in [1.807, 2.05) is 6.92 Å². The van der Waals surface area contributed by atoms with Crippen molar-refractivity contribution < 1.29 is 48.9 Å². The zero-order chi connectivity index (χ0) is 39.1. The number of nitrogens with one attached hydrogen (secondary N) is 1. The lowest BCUT2D eigenvalue weighted by atomic mass is 9.84. The largest absolute Gasteiger partial charge is 0.543 e. The van der Waals surface area contributed by atoms with E-state index in [1.165, 1.54) is 48.0 Å². The Labute approximate surface area is 319 Å². The number of piperidine rings is 1. The van der Waals surface area contributed by atoms with E-state index in [0.29, 0.717) is 42.8 Å². The number of nitrogen functional groups attached to an aromatic ring is 1. The summed E-state index contributed by atoms with van der Waals surface area (Å²) in [4.78, 5) is 79.6. The molecule has 21 heteroatoms. The summed E-state index contributed by atoms with van der Waals surface area (Å²) in [6.07, 6.45) is 2.87. The van der Waals surface area contributed by atoms with E-state index in [0.717, 1.165) is 29.1 Å². The Kier molecular flexibility index (Phi) is 9.10. The van der Waals surface area contributed by atoms with Crippen LogP contribution in [-0.2, 0) is 30.6 Å². The van der Waals surface area contributed by atoms with Gasteiger partial charge in [0.15, 0.2) is 22.3 Å². The summed E-state index contributed by atoms with van der Waals surface area (Å²) in [5.41, 5.74) is 3.19. The van der Waals surface area contributed by atoms with E-state index >= 15 is 0 Å². The molecule has 0 radical (unpaired) electrons. The lowest BCUT2D eigenvalue weighted by Crippen LogP contribution is -2.72. The number of carboxylic acid groups (broad SMARTS) is 2. The summed E-state index contributed by atoms with van der Waals surface area (Å²) in [6, 6.07) is 0.0233. The molecule has 4 aliphatic rings. The minimum absolute atomic E-state index is 0.00510. The van der Waals surface area contributed by atoms with Gasteiger partial charge in [-0.2, -0.15) is 0 Å². The number of carboxylic acids is 2. The molecule has 286 valence electrons. The number of hydrogen-bond acceptors (Lipinski definition) is 15. The number of rotatable bonds is 11. The van der Waals surface area contributed by atoms with Crippen LogP contribution in [0.15, 0.2) is 39.0 Å². The van der Waals surface area contributed by atoms with Gasteiger partial charge < -0.3 is 45.6 Å². The van der Waals surface area contributed by atoms with Gasteiger partial charge in [-0.25, -0.2) is 14.8 Å². The summed E-state index contributed by atoms with van der Waals surface area (Å²) in [7, 11) is 0. The van der Waals surface area contributed by atoms with Crippen LogP contribution in [0.3, 0.4) is 0 Å². The maximum absolute atomic E-state index is 13.6. The lowest BCUT2D eigenvalue weighted by Gasteiger charge is -2.52. The number of aromatic nitrogens is 3. The smallest absolute Gasteiger partial charge is 0.350 e. The Morgan fingerprint density at radius 2 is 1.96 bits per heavy atom. The number of nitrogens with two attached hydrogens (primary N) is 1. The molecule has 3 aromatic rings. The van der Waals surface area contributed by atoms with Gasteiger partial charge in [0.05, 0.1) is 48.5 Å². The van der Waals surface area contributed by atoms with Gasteiger partial charge in [-0.15, -0.1) is 23.1 Å². The molecule has 7 rings (SSSR count). The Hall–Kier alpha value is -4.92. The van der Waals surface area contributed by atoms with Gasteiger partial charge in [-0.1, -0.05) is 16.8 Å². The second-order valence-corrected chi connectivity index (χ2v) is 17.4. The first kappa shape index (κ1) is 37.4. The van der Waals surface area contributed by atoms with Crippen LogP contribution in [0.5, 0.6) is 11.5 Å². The number of phenols is 2. The molecule has 0 saturated carbocycles. The number of nitrogens with zero attached hydrogens (tertiary/aromatic N) is 6. The van der Waals surface area contributed by atoms with Gasteiger partial charge in [0, 0.05) is 47.1 Å². The molecule has 54 heavy (non-hydrogen) atoms. The summed E-state index contributed by atoms with van der Waals surface area (Å²) in [5.74, 6) is -5.53. The molecule has 2 aromatic heterocycles. The second-order valence-electron chi connectivity index (χ2n) is 14.6. The fourth-order valence-electron chi connectivity index (χ4n) is 7.77. The molecule has 2 bridgehead atoms. The average Bonchev–Trinajstić information content (AvgIpc) is 3.81. The number of aromatic hydroxyl groups is 2. The standard InChI is InChI=1S/C33H35ClN8O10S2/c1-14-15(9-42-6-4-33(12-42,5-7-42)11-40-13-36-16-8-18(43)24(44)20(34)19(16)26(40)46)23(29(48)49)41-27(47)22(28(41)54-14)38-25(45)21(17-10-53-31(35)37-17)39-52-32(2,3)30(50)51/h8,10,13-14,22,28H,4-7,9,11-12H2,1-3H3,(H6-,35,37,38,39,43,44,45,46,48,49,50,51)/t14-,22+,28+,33?,42?/m0/s1. The number of oxime groups is 1. The van der Waals surface area contributed by atoms with Crippen LogP contribution in [0.4, 0.5) is 5.13 Å². The number of hydrogen-bond donors (Lipinski definition) is 5. The van der Waals surface area contributed by atoms with E-state index in [1.54, 1.807) is 0 Å². The van der Waals surface area contributed by atoms with Gasteiger partial charge in [-0.3, -0.25) is 23.9 Å². The molecule has 0 unspecified atom stereocenters. The summed E-state index contributed by atoms with van der Waals surface area (Å²) < 4.78 is 2.00. The van der Waals surface area contributed by atoms with E-state index in [4.69, 9.17) is 22.2 Å². The Morgan fingerprint density at radius 3 is 2.59 bits per heavy atom. The Bertz CT molecular complexity index is 2260. The number of anilines is 1. The number of benzene rings is 1. The van der Waals surface area contributed by atoms with Gasteiger partial charge in [0.25, 0.3) is 17.4 Å². The van der Waals surface area contributed by atoms with Gasteiger partial charge in [-0.05, 0) is 20.8 Å². The van der Waals surface area contributed by atoms with E-state index in [9.17, 15) is 44.4 Å². The van der Waals surface area contributed by atoms with Crippen molar-refractivity contribution in [1.82, 2.24) is 24.8 Å². The normalized spacial score (nSPS) is 26.5. The van der Waals surface area contributed by atoms with Crippen LogP contribution < -0.4 is 21.7 Å². The number of aliphatic carboxylic acids is 2. The van der Waals surface area contributed by atoms with Crippen LogP contribution in [-0.4, -0.2) is 117 Å². The van der Waals surface area contributed by atoms with E-state index < -0.39 is 63.5 Å². The predicted octanol–water partition coefficient (Wildman–Crippen LogP) is 0.187. The number of carbonyl (C=O) groups is 4. The highest BCUT2D eigenvalue weighted by atomic mass is 35.5. The number of thiazole rings is 1. The van der Waals surface area contributed by atoms with Crippen molar-refractivity contribution >= 4 is 80.2 Å². The molecule has 6 N–H and O–H groups in total. The molecule has 4 aliphatic heterocycles. The number of thioether (sulfide) groups is 1. The summed E-state index contributed by atoms with van der Waals surface area (Å²) >= 11 is 8.54. The highest BCUT2D eigenvalue weighted by molar-refractivity contribution is 8.00. The Balaban J connectivity index is 1.10. The highest BCUT2D eigenvalue weighted by Crippen LogP contribution is 2.50. The van der Waals surface area contributed by atoms with Gasteiger partial charge >= 0.3 is 5.97 Å². The summed E-state index contributed by atoms with van der Waals surface area (Å²) in [5, 5.41) is 48.6. The van der Waals surface area contributed by atoms with Crippen molar-refractivity contribution in [2.75, 3.05) is 31.9 Å². The number of quaternary nitrogens is 1. The maximum Gasteiger partial charge on any atom is 0.350 e. The molecule has 18 nitrogen and oxygen atoms in total. The number of amides is 2. The number of carbonyl (C=O) groups excluding carboxylic acids is 3. The summed E-state index contributed by atoms with van der Waals surface area (Å²) in [6.45, 7) is 6.98. The van der Waals surface area contributed by atoms with E-state index in [-0.39, 0.29) is 43.1 Å².